The summed E-state index contributed by atoms with van der Waals surface area (Å²) in [6.45, 7) is 1.94. The first-order valence-electron chi connectivity index (χ1n) is 5.78. The predicted octanol–water partition coefficient (Wildman–Crippen LogP) is 2.14. The lowest BCUT2D eigenvalue weighted by Crippen LogP contribution is -2.20. The van der Waals surface area contributed by atoms with Crippen LogP contribution in [0.3, 0.4) is 0 Å². The van der Waals surface area contributed by atoms with Crippen LogP contribution in [0.1, 0.15) is 18.9 Å². The number of benzene rings is 1. The van der Waals surface area contributed by atoms with Crippen LogP contribution < -0.4 is 10.1 Å². The number of nitrogens with one attached hydrogen (secondary N) is 1. The van der Waals surface area contributed by atoms with E-state index in [4.69, 9.17) is 4.74 Å². The number of ether oxygens (including phenoxy) is 1. The number of nitro benzene ring substituents is 1. The standard InChI is InChI=1S/C13H16N2O4/c1-10(16)14-8-4-3-5-11-9-12(19-2)6-7-13(11)15(17)18/h3,5-7,9H,4,8H2,1-2H3,(H,14,16). The van der Waals surface area contributed by atoms with Crippen LogP contribution in [0.2, 0.25) is 0 Å². The molecule has 0 aliphatic heterocycles. The van der Waals surface area contributed by atoms with Gasteiger partial charge in [-0.1, -0.05) is 12.2 Å². The van der Waals surface area contributed by atoms with Crippen molar-refractivity contribution in [2.45, 2.75) is 13.3 Å². The van der Waals surface area contributed by atoms with Gasteiger partial charge in [0.1, 0.15) is 5.75 Å². The van der Waals surface area contributed by atoms with Gasteiger partial charge in [0.05, 0.1) is 17.6 Å². The Morgan fingerprint density at radius 2 is 2.26 bits per heavy atom. The van der Waals surface area contributed by atoms with Gasteiger partial charge in [-0.05, 0) is 18.6 Å². The van der Waals surface area contributed by atoms with Gasteiger partial charge in [-0.3, -0.25) is 14.9 Å². The van der Waals surface area contributed by atoms with Gasteiger partial charge in [0, 0.05) is 19.5 Å². The average molecular weight is 264 g/mol. The van der Waals surface area contributed by atoms with Crippen LogP contribution >= 0.6 is 0 Å². The smallest absolute Gasteiger partial charge is 0.276 e. The normalized spacial score (nSPS) is 10.4. The lowest BCUT2D eigenvalue weighted by Gasteiger charge is -2.02. The molecule has 1 amide bonds. The number of methoxy groups -OCH3 is 1. The predicted molar refractivity (Wildman–Crippen MR) is 72.0 cm³/mol. The summed E-state index contributed by atoms with van der Waals surface area (Å²) in [5, 5.41) is 13.5. The number of amides is 1. The zero-order valence-electron chi connectivity index (χ0n) is 10.9. The molecular formula is C13H16N2O4. The van der Waals surface area contributed by atoms with Gasteiger partial charge in [0.15, 0.2) is 0 Å². The Morgan fingerprint density at radius 1 is 1.53 bits per heavy atom. The number of hydrogen-bond donors (Lipinski definition) is 1. The van der Waals surface area contributed by atoms with Crippen molar-refractivity contribution in [3.8, 4) is 5.75 Å². The largest absolute Gasteiger partial charge is 0.497 e. The van der Waals surface area contributed by atoms with Gasteiger partial charge in [-0.2, -0.15) is 0 Å². The Morgan fingerprint density at radius 3 is 2.84 bits per heavy atom. The maximum atomic E-state index is 10.9. The second-order valence-electron chi connectivity index (χ2n) is 3.86. The monoisotopic (exact) mass is 264 g/mol. The summed E-state index contributed by atoms with van der Waals surface area (Å²) in [4.78, 5) is 21.1. The molecule has 0 saturated carbocycles. The minimum absolute atomic E-state index is 0.0246. The molecule has 0 aliphatic carbocycles. The minimum Gasteiger partial charge on any atom is -0.497 e. The van der Waals surface area contributed by atoms with Crippen molar-refractivity contribution in [1.82, 2.24) is 5.32 Å². The molecule has 1 rings (SSSR count). The topological polar surface area (TPSA) is 81.5 Å². The van der Waals surface area contributed by atoms with Crippen molar-refractivity contribution in [1.29, 1.82) is 0 Å². The van der Waals surface area contributed by atoms with Crippen LogP contribution in [0.4, 0.5) is 5.69 Å². The van der Waals surface area contributed by atoms with E-state index < -0.39 is 4.92 Å². The molecule has 102 valence electrons. The fraction of sp³-hybridized carbons (Fsp3) is 0.308. The zero-order valence-corrected chi connectivity index (χ0v) is 10.9. The maximum Gasteiger partial charge on any atom is 0.276 e. The van der Waals surface area contributed by atoms with Crippen molar-refractivity contribution in [2.75, 3.05) is 13.7 Å². The molecule has 0 heterocycles. The SMILES string of the molecule is COc1ccc([N+](=O)[O-])c(C=CCCNC(C)=O)c1. The van der Waals surface area contributed by atoms with Crippen LogP contribution in [-0.4, -0.2) is 24.5 Å². The number of rotatable bonds is 6. The second kappa shape index (κ2) is 7.15. The molecule has 0 fully saturated rings. The molecule has 0 unspecified atom stereocenters. The van der Waals surface area contributed by atoms with E-state index >= 15 is 0 Å². The van der Waals surface area contributed by atoms with Crippen molar-refractivity contribution >= 4 is 17.7 Å². The molecule has 0 spiro atoms. The molecule has 0 aliphatic rings. The molecule has 6 nitrogen and oxygen atoms in total. The van der Waals surface area contributed by atoms with E-state index in [0.29, 0.717) is 24.3 Å². The lowest BCUT2D eigenvalue weighted by atomic mass is 10.1. The third-order valence-corrected chi connectivity index (χ3v) is 2.41. The first kappa shape index (κ1) is 14.7. The van der Waals surface area contributed by atoms with E-state index in [1.807, 2.05) is 0 Å². The zero-order chi connectivity index (χ0) is 14.3. The Kier molecular flexibility index (Phi) is 5.53. The van der Waals surface area contributed by atoms with E-state index in [0.717, 1.165) is 0 Å². The molecule has 19 heavy (non-hydrogen) atoms. The van der Waals surface area contributed by atoms with Gasteiger partial charge < -0.3 is 10.1 Å². The summed E-state index contributed by atoms with van der Waals surface area (Å²) >= 11 is 0. The van der Waals surface area contributed by atoms with E-state index in [1.165, 1.54) is 20.1 Å². The van der Waals surface area contributed by atoms with Crippen molar-refractivity contribution in [3.63, 3.8) is 0 Å². The highest BCUT2D eigenvalue weighted by molar-refractivity contribution is 5.72. The number of nitro groups is 1. The Hall–Kier alpha value is -2.37. The van der Waals surface area contributed by atoms with Crippen molar-refractivity contribution < 1.29 is 14.5 Å². The summed E-state index contributed by atoms with van der Waals surface area (Å²) in [6, 6.07) is 4.56. The molecule has 0 atom stereocenters. The summed E-state index contributed by atoms with van der Waals surface area (Å²) in [5.74, 6) is 0.466. The fourth-order valence-electron chi connectivity index (χ4n) is 1.50. The van der Waals surface area contributed by atoms with Crippen LogP contribution in [0, 0.1) is 10.1 Å². The number of hydrogen-bond acceptors (Lipinski definition) is 4. The van der Waals surface area contributed by atoms with E-state index in [-0.39, 0.29) is 11.6 Å². The van der Waals surface area contributed by atoms with Gasteiger partial charge in [0.2, 0.25) is 5.91 Å². The molecule has 1 N–H and O–H groups in total. The summed E-state index contributed by atoms with van der Waals surface area (Å²) in [7, 11) is 1.51. The van der Waals surface area contributed by atoms with Crippen LogP contribution in [0.25, 0.3) is 6.08 Å². The highest BCUT2D eigenvalue weighted by Crippen LogP contribution is 2.25. The number of nitrogens with zero attached hydrogens (tertiary/aromatic N) is 1. The van der Waals surface area contributed by atoms with Gasteiger partial charge >= 0.3 is 0 Å². The van der Waals surface area contributed by atoms with Crippen molar-refractivity contribution in [2.24, 2.45) is 0 Å². The van der Waals surface area contributed by atoms with Gasteiger partial charge in [0.25, 0.3) is 5.69 Å². The number of carbonyl (C=O) groups excluding carboxylic acids is 1. The Bertz CT molecular complexity index is 497. The Balaban J connectivity index is 2.76. The quantitative estimate of drug-likeness (QED) is 0.485. The van der Waals surface area contributed by atoms with Crippen LogP contribution in [-0.2, 0) is 4.79 Å². The first-order chi connectivity index (χ1) is 9.04. The third kappa shape index (κ3) is 4.79. The average Bonchev–Trinajstić information content (AvgIpc) is 2.37. The molecule has 1 aromatic rings. The van der Waals surface area contributed by atoms with Crippen molar-refractivity contribution in [3.05, 3.63) is 40.0 Å². The molecular weight excluding hydrogens is 248 g/mol. The molecule has 6 heteroatoms. The second-order valence-corrected chi connectivity index (χ2v) is 3.86. The fourth-order valence-corrected chi connectivity index (χ4v) is 1.50. The molecule has 0 bridgehead atoms. The van der Waals surface area contributed by atoms with Crippen LogP contribution in [0.5, 0.6) is 5.75 Å². The molecule has 0 radical (unpaired) electrons. The van der Waals surface area contributed by atoms with Crippen LogP contribution in [0.15, 0.2) is 24.3 Å². The Labute approximate surface area is 111 Å². The first-order valence-corrected chi connectivity index (χ1v) is 5.78. The highest BCUT2D eigenvalue weighted by atomic mass is 16.6. The summed E-state index contributed by atoms with van der Waals surface area (Å²) in [5.41, 5.74) is 0.503. The summed E-state index contributed by atoms with van der Waals surface area (Å²) in [6.07, 6.45) is 4.04. The highest BCUT2D eigenvalue weighted by Gasteiger charge is 2.11. The number of carbonyl (C=O) groups is 1. The molecule has 1 aromatic carbocycles. The minimum atomic E-state index is -0.438. The van der Waals surface area contributed by atoms with E-state index in [1.54, 1.807) is 24.3 Å². The maximum absolute atomic E-state index is 10.9. The lowest BCUT2D eigenvalue weighted by molar-refractivity contribution is -0.385. The summed E-state index contributed by atoms with van der Waals surface area (Å²) < 4.78 is 5.04. The molecule has 0 saturated heterocycles. The van der Waals surface area contributed by atoms with E-state index in [9.17, 15) is 14.9 Å². The third-order valence-electron chi connectivity index (χ3n) is 2.41. The van der Waals surface area contributed by atoms with E-state index in [2.05, 4.69) is 5.32 Å². The molecule has 0 aromatic heterocycles. The van der Waals surface area contributed by atoms with Gasteiger partial charge in [-0.15, -0.1) is 0 Å². The van der Waals surface area contributed by atoms with Gasteiger partial charge in [-0.25, -0.2) is 0 Å².